The topological polar surface area (TPSA) is 96.4 Å². The van der Waals surface area contributed by atoms with Gasteiger partial charge in [-0.25, -0.2) is 0 Å². The molecule has 0 radical (unpaired) electrons. The van der Waals surface area contributed by atoms with E-state index in [4.69, 9.17) is 15.7 Å². The highest BCUT2D eigenvalue weighted by Crippen LogP contribution is 2.13. The van der Waals surface area contributed by atoms with Crippen molar-refractivity contribution in [2.24, 2.45) is 11.7 Å². The van der Waals surface area contributed by atoms with Crippen LogP contribution in [0.15, 0.2) is 30.3 Å². The maximum absolute atomic E-state index is 11.9. The van der Waals surface area contributed by atoms with Gasteiger partial charge >= 0.3 is 0 Å². The predicted molar refractivity (Wildman–Crippen MR) is 82.6 cm³/mol. The smallest absolute Gasteiger partial charge is 0.255 e. The van der Waals surface area contributed by atoms with Crippen molar-refractivity contribution in [2.75, 3.05) is 20.2 Å². The molecule has 0 aliphatic carbocycles. The standard InChI is InChI=1S/C16H19N3O3/c1-12(9-17)10-19(2)16(21)8-5-13-3-6-14(7-4-13)22-11-15(18)20/h3-8,12H,10-11H2,1-2H3,(H2,18,20)/b8-5+/t12-/m1/s1. The second kappa shape index (κ2) is 8.47. The Morgan fingerprint density at radius 1 is 1.41 bits per heavy atom. The van der Waals surface area contributed by atoms with Gasteiger partial charge in [-0.1, -0.05) is 12.1 Å². The van der Waals surface area contributed by atoms with Gasteiger partial charge in [0, 0.05) is 19.7 Å². The van der Waals surface area contributed by atoms with Gasteiger partial charge in [0.2, 0.25) is 5.91 Å². The van der Waals surface area contributed by atoms with Crippen molar-refractivity contribution in [1.29, 1.82) is 5.26 Å². The lowest BCUT2D eigenvalue weighted by molar-refractivity contribution is -0.125. The van der Waals surface area contributed by atoms with E-state index in [0.29, 0.717) is 12.3 Å². The summed E-state index contributed by atoms with van der Waals surface area (Å²) in [7, 11) is 1.65. The molecule has 22 heavy (non-hydrogen) atoms. The summed E-state index contributed by atoms with van der Waals surface area (Å²) in [6.07, 6.45) is 3.12. The summed E-state index contributed by atoms with van der Waals surface area (Å²) >= 11 is 0. The third kappa shape index (κ3) is 6.09. The first kappa shape index (κ1) is 17.2. The first-order valence-corrected chi connectivity index (χ1v) is 6.76. The quantitative estimate of drug-likeness (QED) is 0.765. The van der Waals surface area contributed by atoms with Crippen LogP contribution < -0.4 is 10.5 Å². The van der Waals surface area contributed by atoms with Gasteiger partial charge < -0.3 is 15.4 Å². The summed E-state index contributed by atoms with van der Waals surface area (Å²) in [6.45, 7) is 1.98. The van der Waals surface area contributed by atoms with E-state index < -0.39 is 5.91 Å². The molecule has 0 heterocycles. The second-order valence-electron chi connectivity index (χ2n) is 4.91. The van der Waals surface area contributed by atoms with Gasteiger partial charge in [0.1, 0.15) is 5.75 Å². The Hall–Kier alpha value is -2.81. The van der Waals surface area contributed by atoms with E-state index in [2.05, 4.69) is 6.07 Å². The molecule has 116 valence electrons. The minimum atomic E-state index is -0.538. The van der Waals surface area contributed by atoms with Gasteiger partial charge in [-0.15, -0.1) is 0 Å². The Labute approximate surface area is 129 Å². The van der Waals surface area contributed by atoms with E-state index in [9.17, 15) is 9.59 Å². The average molecular weight is 301 g/mol. The third-order valence-electron chi connectivity index (χ3n) is 2.82. The van der Waals surface area contributed by atoms with Crippen LogP contribution in [0.1, 0.15) is 12.5 Å². The summed E-state index contributed by atoms with van der Waals surface area (Å²) in [5.74, 6) is -0.383. The van der Waals surface area contributed by atoms with Crippen LogP contribution in [-0.4, -0.2) is 36.9 Å². The number of ether oxygens (including phenoxy) is 1. The molecular weight excluding hydrogens is 282 g/mol. The fraction of sp³-hybridized carbons (Fsp3) is 0.312. The number of primary amides is 1. The molecule has 0 spiro atoms. The first-order chi connectivity index (χ1) is 10.4. The second-order valence-corrected chi connectivity index (χ2v) is 4.91. The minimum absolute atomic E-state index is 0.170. The maximum atomic E-state index is 11.9. The number of rotatable bonds is 7. The lowest BCUT2D eigenvalue weighted by Gasteiger charge is -2.15. The van der Waals surface area contributed by atoms with Crippen molar-refractivity contribution >= 4 is 17.9 Å². The Morgan fingerprint density at radius 2 is 2.05 bits per heavy atom. The van der Waals surface area contributed by atoms with E-state index in [1.54, 1.807) is 44.3 Å². The Bertz CT molecular complexity index is 588. The number of hydrogen-bond donors (Lipinski definition) is 1. The molecule has 2 N–H and O–H groups in total. The molecular formula is C16H19N3O3. The highest BCUT2D eigenvalue weighted by atomic mass is 16.5. The number of carbonyl (C=O) groups excluding carboxylic acids is 2. The summed E-state index contributed by atoms with van der Waals surface area (Å²) in [6, 6.07) is 8.99. The molecule has 0 saturated carbocycles. The maximum Gasteiger partial charge on any atom is 0.255 e. The van der Waals surface area contributed by atoms with Gasteiger partial charge in [0.25, 0.3) is 5.91 Å². The molecule has 0 saturated heterocycles. The van der Waals surface area contributed by atoms with Crippen LogP contribution in [0, 0.1) is 17.2 Å². The molecule has 1 aromatic rings. The first-order valence-electron chi connectivity index (χ1n) is 6.76. The van der Waals surface area contributed by atoms with E-state index in [1.807, 2.05) is 0 Å². The van der Waals surface area contributed by atoms with Crippen LogP contribution in [0.2, 0.25) is 0 Å². The number of benzene rings is 1. The highest BCUT2D eigenvalue weighted by molar-refractivity contribution is 5.91. The number of nitrogens with zero attached hydrogens (tertiary/aromatic N) is 2. The monoisotopic (exact) mass is 301 g/mol. The minimum Gasteiger partial charge on any atom is -0.484 e. The average Bonchev–Trinajstić information content (AvgIpc) is 2.51. The predicted octanol–water partition coefficient (Wildman–Crippen LogP) is 1.18. The Morgan fingerprint density at radius 3 is 2.59 bits per heavy atom. The molecule has 0 aliphatic rings. The van der Waals surface area contributed by atoms with Crippen molar-refractivity contribution in [3.05, 3.63) is 35.9 Å². The largest absolute Gasteiger partial charge is 0.484 e. The molecule has 6 heteroatoms. The summed E-state index contributed by atoms with van der Waals surface area (Å²) in [4.78, 5) is 24.0. The highest BCUT2D eigenvalue weighted by Gasteiger charge is 2.08. The molecule has 6 nitrogen and oxygen atoms in total. The summed E-state index contributed by atoms with van der Waals surface area (Å²) in [5, 5.41) is 8.73. The summed E-state index contributed by atoms with van der Waals surface area (Å²) < 4.78 is 5.14. The molecule has 0 unspecified atom stereocenters. The zero-order valence-electron chi connectivity index (χ0n) is 12.7. The van der Waals surface area contributed by atoms with Crippen molar-refractivity contribution < 1.29 is 14.3 Å². The molecule has 0 fully saturated rings. The number of carbonyl (C=O) groups is 2. The molecule has 1 atom stereocenters. The summed E-state index contributed by atoms with van der Waals surface area (Å²) in [5.41, 5.74) is 5.81. The van der Waals surface area contributed by atoms with Gasteiger partial charge in [0.15, 0.2) is 6.61 Å². The van der Waals surface area contributed by atoms with Crippen LogP contribution in [0.5, 0.6) is 5.75 Å². The van der Waals surface area contributed by atoms with Gasteiger partial charge in [-0.05, 0) is 30.7 Å². The number of hydrogen-bond acceptors (Lipinski definition) is 4. The van der Waals surface area contributed by atoms with Crippen molar-refractivity contribution in [2.45, 2.75) is 6.92 Å². The molecule has 1 aromatic carbocycles. The van der Waals surface area contributed by atoms with Crippen LogP contribution in [0.4, 0.5) is 0 Å². The van der Waals surface area contributed by atoms with Gasteiger partial charge in [-0.3, -0.25) is 9.59 Å². The van der Waals surface area contributed by atoms with Crippen molar-refractivity contribution in [3.63, 3.8) is 0 Å². The zero-order chi connectivity index (χ0) is 16.5. The molecule has 0 aromatic heterocycles. The van der Waals surface area contributed by atoms with Gasteiger partial charge in [-0.2, -0.15) is 5.26 Å². The zero-order valence-corrected chi connectivity index (χ0v) is 12.7. The van der Waals surface area contributed by atoms with E-state index in [-0.39, 0.29) is 18.4 Å². The lowest BCUT2D eigenvalue weighted by atomic mass is 10.2. The SMILES string of the molecule is C[C@H](C#N)CN(C)C(=O)/C=C/c1ccc(OCC(N)=O)cc1. The van der Waals surface area contributed by atoms with Crippen LogP contribution in [-0.2, 0) is 9.59 Å². The number of nitriles is 1. The molecule has 0 bridgehead atoms. The van der Waals surface area contributed by atoms with Crippen LogP contribution >= 0.6 is 0 Å². The fourth-order valence-corrected chi connectivity index (χ4v) is 1.67. The van der Waals surface area contributed by atoms with Crippen molar-refractivity contribution in [1.82, 2.24) is 4.90 Å². The number of likely N-dealkylation sites (N-methyl/N-ethyl adjacent to an activating group) is 1. The fourth-order valence-electron chi connectivity index (χ4n) is 1.67. The van der Waals surface area contributed by atoms with E-state index in [0.717, 1.165) is 5.56 Å². The number of amides is 2. The molecule has 1 rings (SSSR count). The Kier molecular flexibility index (Phi) is 6.64. The third-order valence-corrected chi connectivity index (χ3v) is 2.82. The van der Waals surface area contributed by atoms with E-state index >= 15 is 0 Å². The normalized spacial score (nSPS) is 11.7. The molecule has 2 amide bonds. The van der Waals surface area contributed by atoms with Gasteiger partial charge in [0.05, 0.1) is 12.0 Å². The lowest BCUT2D eigenvalue weighted by Crippen LogP contribution is -2.29. The molecule has 0 aliphatic heterocycles. The van der Waals surface area contributed by atoms with Crippen LogP contribution in [0.25, 0.3) is 6.08 Å². The van der Waals surface area contributed by atoms with E-state index in [1.165, 1.54) is 11.0 Å². The Balaban J connectivity index is 2.57. The van der Waals surface area contributed by atoms with Crippen molar-refractivity contribution in [3.8, 4) is 11.8 Å². The van der Waals surface area contributed by atoms with Crippen LogP contribution in [0.3, 0.4) is 0 Å². The number of nitrogens with two attached hydrogens (primary N) is 1.